The van der Waals surface area contributed by atoms with Gasteiger partial charge in [-0.3, -0.25) is 14.8 Å². The van der Waals surface area contributed by atoms with E-state index in [0.29, 0.717) is 18.8 Å². The maximum absolute atomic E-state index is 12.7. The molecule has 1 saturated heterocycles. The first-order valence-electron chi connectivity index (χ1n) is 8.57. The fourth-order valence-corrected chi connectivity index (χ4v) is 5.57. The monoisotopic (exact) mass is 441 g/mol. The third kappa shape index (κ3) is 4.56. The number of aryl methyl sites for hydroxylation is 1. The summed E-state index contributed by atoms with van der Waals surface area (Å²) in [5.74, 6) is 0. The highest BCUT2D eigenvalue weighted by molar-refractivity contribution is 7.92. The Labute approximate surface area is 168 Å². The van der Waals surface area contributed by atoms with Crippen LogP contribution in [0.2, 0.25) is 0 Å². The molecule has 1 N–H and O–H groups in total. The molecule has 3 rings (SSSR count). The molecule has 1 aliphatic heterocycles. The first-order chi connectivity index (χ1) is 13.6. The van der Waals surface area contributed by atoms with Gasteiger partial charge in [-0.15, -0.1) is 0 Å². The van der Waals surface area contributed by atoms with Gasteiger partial charge in [0.1, 0.15) is 0 Å². The average Bonchev–Trinajstić information content (AvgIpc) is 2.68. The Kier molecular flexibility index (Phi) is 5.89. The summed E-state index contributed by atoms with van der Waals surface area (Å²) in [6.45, 7) is 2.67. The van der Waals surface area contributed by atoms with Gasteiger partial charge in [0, 0.05) is 30.9 Å². The van der Waals surface area contributed by atoms with Crippen molar-refractivity contribution < 1.29 is 26.5 Å². The highest BCUT2D eigenvalue weighted by Gasteiger charge is 2.26. The molecular formula is C17H19N3O7S2. The van der Waals surface area contributed by atoms with Crippen LogP contribution in [0, 0.1) is 17.0 Å². The quantitative estimate of drug-likeness (QED) is 0.532. The molecule has 12 heteroatoms. The molecule has 0 spiro atoms. The number of rotatable bonds is 6. The normalized spacial score (nSPS) is 15.8. The van der Waals surface area contributed by atoms with E-state index < -0.39 is 25.0 Å². The molecular weight excluding hydrogens is 422 g/mol. The summed E-state index contributed by atoms with van der Waals surface area (Å²) in [5, 5.41) is 10.9. The molecule has 2 aromatic rings. The van der Waals surface area contributed by atoms with E-state index in [1.54, 1.807) is 0 Å². The lowest BCUT2D eigenvalue weighted by atomic mass is 10.2. The van der Waals surface area contributed by atoms with Crippen molar-refractivity contribution >= 4 is 31.4 Å². The summed E-state index contributed by atoms with van der Waals surface area (Å²) < 4.78 is 59.3. The van der Waals surface area contributed by atoms with Crippen molar-refractivity contribution in [3.63, 3.8) is 0 Å². The molecule has 0 aromatic heterocycles. The molecule has 2 aromatic carbocycles. The van der Waals surface area contributed by atoms with E-state index in [-0.39, 0.29) is 34.3 Å². The molecule has 0 saturated carbocycles. The molecule has 156 valence electrons. The van der Waals surface area contributed by atoms with E-state index >= 15 is 0 Å². The lowest BCUT2D eigenvalue weighted by Gasteiger charge is -2.26. The minimum Gasteiger partial charge on any atom is -0.379 e. The van der Waals surface area contributed by atoms with Crippen LogP contribution in [-0.2, 0) is 24.8 Å². The Morgan fingerprint density at radius 2 is 1.66 bits per heavy atom. The van der Waals surface area contributed by atoms with Gasteiger partial charge in [0.05, 0.1) is 27.9 Å². The Bertz CT molecular complexity index is 1120. The number of benzene rings is 2. The number of non-ortho nitro benzene ring substituents is 1. The number of nitrogens with zero attached hydrogens (tertiary/aromatic N) is 2. The zero-order valence-corrected chi connectivity index (χ0v) is 17.1. The molecule has 0 atom stereocenters. The first-order valence-corrected chi connectivity index (χ1v) is 11.5. The number of nitro groups is 1. The van der Waals surface area contributed by atoms with Crippen molar-refractivity contribution in [1.82, 2.24) is 4.31 Å². The number of ether oxygens (including phenoxy) is 1. The number of sulfonamides is 2. The average molecular weight is 441 g/mol. The van der Waals surface area contributed by atoms with Crippen LogP contribution in [-0.4, -0.2) is 52.4 Å². The van der Waals surface area contributed by atoms with Gasteiger partial charge in [0.25, 0.3) is 15.7 Å². The van der Waals surface area contributed by atoms with Crippen LogP contribution >= 0.6 is 0 Å². The molecule has 0 bridgehead atoms. The Morgan fingerprint density at radius 3 is 2.24 bits per heavy atom. The summed E-state index contributed by atoms with van der Waals surface area (Å²) in [4.78, 5) is 10.1. The summed E-state index contributed by atoms with van der Waals surface area (Å²) in [7, 11) is -7.80. The number of nitro benzene ring substituents is 1. The second-order valence-corrected chi connectivity index (χ2v) is 9.94. The minimum absolute atomic E-state index is 0.0360. The highest BCUT2D eigenvalue weighted by atomic mass is 32.2. The zero-order valence-electron chi connectivity index (χ0n) is 15.4. The van der Waals surface area contributed by atoms with Gasteiger partial charge in [-0.1, -0.05) is 6.07 Å². The number of hydrogen-bond donors (Lipinski definition) is 1. The molecule has 10 nitrogen and oxygen atoms in total. The predicted octanol–water partition coefficient (Wildman–Crippen LogP) is 1.72. The van der Waals surface area contributed by atoms with E-state index in [2.05, 4.69) is 4.72 Å². The summed E-state index contributed by atoms with van der Waals surface area (Å²) in [6, 6.07) is 8.83. The fraction of sp³-hybridized carbons (Fsp3) is 0.294. The molecule has 29 heavy (non-hydrogen) atoms. The summed E-state index contributed by atoms with van der Waals surface area (Å²) in [6.07, 6.45) is 0. The van der Waals surface area contributed by atoms with Crippen molar-refractivity contribution in [2.75, 3.05) is 31.0 Å². The van der Waals surface area contributed by atoms with Gasteiger partial charge in [-0.05, 0) is 36.8 Å². The third-order valence-corrected chi connectivity index (χ3v) is 7.82. The van der Waals surface area contributed by atoms with Crippen molar-refractivity contribution in [2.45, 2.75) is 16.7 Å². The van der Waals surface area contributed by atoms with E-state index in [1.165, 1.54) is 47.6 Å². The smallest absolute Gasteiger partial charge is 0.270 e. The van der Waals surface area contributed by atoms with Crippen LogP contribution in [0.5, 0.6) is 0 Å². The van der Waals surface area contributed by atoms with Crippen molar-refractivity contribution in [3.05, 3.63) is 58.1 Å². The van der Waals surface area contributed by atoms with Gasteiger partial charge < -0.3 is 4.74 Å². The molecule has 0 unspecified atom stereocenters. The topological polar surface area (TPSA) is 136 Å². The first kappa shape index (κ1) is 21.2. The second-order valence-electron chi connectivity index (χ2n) is 6.35. The number of hydrogen-bond acceptors (Lipinski definition) is 7. The van der Waals surface area contributed by atoms with Crippen LogP contribution in [0.15, 0.2) is 52.3 Å². The Hall–Kier alpha value is -2.54. The number of morpholine rings is 1. The van der Waals surface area contributed by atoms with Crippen LogP contribution in [0.25, 0.3) is 0 Å². The summed E-state index contributed by atoms with van der Waals surface area (Å²) >= 11 is 0. The van der Waals surface area contributed by atoms with E-state index in [9.17, 15) is 26.9 Å². The van der Waals surface area contributed by atoms with Crippen molar-refractivity contribution in [2.24, 2.45) is 0 Å². The van der Waals surface area contributed by atoms with Gasteiger partial charge in [-0.2, -0.15) is 4.31 Å². The Balaban J connectivity index is 1.84. The highest BCUT2D eigenvalue weighted by Crippen LogP contribution is 2.25. The Morgan fingerprint density at radius 1 is 1.03 bits per heavy atom. The van der Waals surface area contributed by atoms with Crippen LogP contribution in [0.1, 0.15) is 5.56 Å². The standard InChI is InChI=1S/C17H19N3O7S2/c1-13-2-5-15(20(21)22)12-17(13)28(23,24)18-14-3-6-16(7-4-14)29(25,26)19-8-10-27-11-9-19/h2-7,12,18H,8-11H2,1H3. The van der Waals surface area contributed by atoms with E-state index in [1.807, 2.05) is 0 Å². The van der Waals surface area contributed by atoms with E-state index in [4.69, 9.17) is 4.74 Å². The van der Waals surface area contributed by atoms with Crippen LogP contribution in [0.3, 0.4) is 0 Å². The number of anilines is 1. The largest absolute Gasteiger partial charge is 0.379 e. The molecule has 0 radical (unpaired) electrons. The lowest BCUT2D eigenvalue weighted by Crippen LogP contribution is -2.40. The lowest BCUT2D eigenvalue weighted by molar-refractivity contribution is -0.385. The van der Waals surface area contributed by atoms with Gasteiger partial charge in [0.15, 0.2) is 0 Å². The molecule has 1 heterocycles. The maximum atomic E-state index is 12.7. The predicted molar refractivity (Wildman–Crippen MR) is 105 cm³/mol. The van der Waals surface area contributed by atoms with Crippen molar-refractivity contribution in [1.29, 1.82) is 0 Å². The minimum atomic E-state index is -4.10. The van der Waals surface area contributed by atoms with Crippen molar-refractivity contribution in [3.8, 4) is 0 Å². The van der Waals surface area contributed by atoms with Crippen LogP contribution in [0.4, 0.5) is 11.4 Å². The third-order valence-electron chi connectivity index (χ3n) is 4.39. The van der Waals surface area contributed by atoms with Gasteiger partial charge in [-0.25, -0.2) is 16.8 Å². The molecule has 1 fully saturated rings. The SMILES string of the molecule is Cc1ccc([N+](=O)[O-])cc1S(=O)(=O)Nc1ccc(S(=O)(=O)N2CCOCC2)cc1. The molecule has 0 aliphatic carbocycles. The second kappa shape index (κ2) is 8.06. The maximum Gasteiger partial charge on any atom is 0.270 e. The van der Waals surface area contributed by atoms with Gasteiger partial charge in [0.2, 0.25) is 10.0 Å². The molecule has 0 amide bonds. The van der Waals surface area contributed by atoms with E-state index in [0.717, 1.165) is 6.07 Å². The van der Waals surface area contributed by atoms with Gasteiger partial charge >= 0.3 is 0 Å². The zero-order chi connectivity index (χ0) is 21.2. The molecule has 1 aliphatic rings. The number of nitrogens with one attached hydrogen (secondary N) is 1. The summed E-state index contributed by atoms with van der Waals surface area (Å²) in [5.41, 5.74) is 0.134. The van der Waals surface area contributed by atoms with Crippen LogP contribution < -0.4 is 4.72 Å². The fourth-order valence-electron chi connectivity index (χ4n) is 2.83.